The van der Waals surface area contributed by atoms with Crippen LogP contribution in [-0.4, -0.2) is 18.0 Å². The molecule has 0 aliphatic rings. The van der Waals surface area contributed by atoms with Gasteiger partial charge < -0.3 is 10.1 Å². The molecule has 4 nitrogen and oxygen atoms in total. The van der Waals surface area contributed by atoms with Crippen LogP contribution >= 0.6 is 0 Å². The van der Waals surface area contributed by atoms with Gasteiger partial charge in [-0.15, -0.1) is 0 Å². The number of hydrogen-bond acceptors (Lipinski definition) is 3. The molecule has 0 fully saturated rings. The molecule has 0 radical (unpaired) electrons. The van der Waals surface area contributed by atoms with Gasteiger partial charge in [0.2, 0.25) is 5.91 Å². The molecule has 4 heteroatoms. The van der Waals surface area contributed by atoms with Gasteiger partial charge in [0.15, 0.2) is 0 Å². The molecule has 1 amide bonds. The summed E-state index contributed by atoms with van der Waals surface area (Å²) in [5, 5.41) is 2.73. The van der Waals surface area contributed by atoms with Gasteiger partial charge in [0.25, 0.3) is 0 Å². The second-order valence-electron chi connectivity index (χ2n) is 3.26. The van der Waals surface area contributed by atoms with Crippen molar-refractivity contribution in [1.29, 1.82) is 0 Å². The second kappa shape index (κ2) is 4.60. The van der Waals surface area contributed by atoms with Gasteiger partial charge in [0, 0.05) is 12.0 Å². The van der Waals surface area contributed by atoms with Crippen molar-refractivity contribution >= 4 is 11.6 Å². The molecule has 0 aromatic carbocycles. The van der Waals surface area contributed by atoms with Gasteiger partial charge in [0.1, 0.15) is 5.75 Å². The van der Waals surface area contributed by atoms with Gasteiger partial charge in [-0.05, 0) is 0 Å². The molecule has 0 unspecified atom stereocenters. The predicted octanol–water partition coefficient (Wildman–Crippen LogP) is 1.68. The summed E-state index contributed by atoms with van der Waals surface area (Å²) in [6.45, 7) is 3.67. The number of anilines is 1. The van der Waals surface area contributed by atoms with Crippen LogP contribution < -0.4 is 10.1 Å². The van der Waals surface area contributed by atoms with Crippen LogP contribution in [-0.2, 0) is 4.79 Å². The Labute approximate surface area is 83.3 Å². The van der Waals surface area contributed by atoms with Gasteiger partial charge in [0.05, 0.1) is 25.2 Å². The summed E-state index contributed by atoms with van der Waals surface area (Å²) in [6.07, 6.45) is 3.17. The molecule has 0 saturated heterocycles. The largest absolute Gasteiger partial charge is 0.495 e. The fourth-order valence-electron chi connectivity index (χ4n) is 0.885. The Morgan fingerprint density at radius 3 is 2.79 bits per heavy atom. The maximum Gasteiger partial charge on any atom is 0.226 e. The molecule has 1 heterocycles. The molecular weight excluding hydrogens is 180 g/mol. The average molecular weight is 194 g/mol. The topological polar surface area (TPSA) is 51.2 Å². The van der Waals surface area contributed by atoms with E-state index in [1.54, 1.807) is 25.6 Å². The summed E-state index contributed by atoms with van der Waals surface area (Å²) in [4.78, 5) is 15.3. The zero-order valence-electron chi connectivity index (χ0n) is 8.57. The maximum absolute atomic E-state index is 11.3. The number of amides is 1. The second-order valence-corrected chi connectivity index (χ2v) is 3.26. The Bertz CT molecular complexity index is 324. The monoisotopic (exact) mass is 194 g/mol. The minimum Gasteiger partial charge on any atom is -0.495 e. The highest BCUT2D eigenvalue weighted by atomic mass is 16.5. The Balaban J connectivity index is 2.72. The zero-order valence-corrected chi connectivity index (χ0v) is 8.57. The highest BCUT2D eigenvalue weighted by Gasteiger charge is 2.07. The lowest BCUT2D eigenvalue weighted by atomic mass is 10.2. The maximum atomic E-state index is 11.3. The van der Waals surface area contributed by atoms with Gasteiger partial charge in [-0.2, -0.15) is 0 Å². The third kappa shape index (κ3) is 2.73. The lowest BCUT2D eigenvalue weighted by Crippen LogP contribution is -2.17. The number of nitrogens with one attached hydrogen (secondary N) is 1. The molecule has 0 atom stereocenters. The number of carbonyl (C=O) groups excluding carboxylic acids is 1. The molecule has 1 rings (SSSR count). The highest BCUT2D eigenvalue weighted by Crippen LogP contribution is 2.15. The van der Waals surface area contributed by atoms with Crippen LogP contribution in [0.15, 0.2) is 18.5 Å². The number of nitrogens with zero attached hydrogens (tertiary/aromatic N) is 1. The molecule has 0 aliphatic heterocycles. The molecule has 0 spiro atoms. The molecule has 1 aromatic rings. The van der Waals surface area contributed by atoms with Gasteiger partial charge >= 0.3 is 0 Å². The van der Waals surface area contributed by atoms with E-state index in [1.807, 2.05) is 13.8 Å². The Kier molecular flexibility index (Phi) is 3.45. The van der Waals surface area contributed by atoms with E-state index in [0.29, 0.717) is 11.4 Å². The molecule has 0 saturated carbocycles. The van der Waals surface area contributed by atoms with Crippen molar-refractivity contribution in [1.82, 2.24) is 4.98 Å². The minimum absolute atomic E-state index is 0.0277. The summed E-state index contributed by atoms with van der Waals surface area (Å²) < 4.78 is 4.98. The number of methoxy groups -OCH3 is 1. The van der Waals surface area contributed by atoms with Crippen molar-refractivity contribution in [2.75, 3.05) is 12.4 Å². The molecule has 76 valence electrons. The van der Waals surface area contributed by atoms with Crippen LogP contribution in [0.3, 0.4) is 0 Å². The Morgan fingerprint density at radius 2 is 2.21 bits per heavy atom. The van der Waals surface area contributed by atoms with E-state index in [9.17, 15) is 4.79 Å². The first kappa shape index (κ1) is 10.5. The van der Waals surface area contributed by atoms with Crippen LogP contribution in [0.2, 0.25) is 0 Å². The minimum atomic E-state index is -0.0406. The normalized spacial score (nSPS) is 10.0. The number of aromatic nitrogens is 1. The van der Waals surface area contributed by atoms with Crippen molar-refractivity contribution in [3.8, 4) is 5.75 Å². The van der Waals surface area contributed by atoms with Crippen molar-refractivity contribution in [3.63, 3.8) is 0 Å². The van der Waals surface area contributed by atoms with E-state index in [1.165, 1.54) is 0 Å². The summed E-state index contributed by atoms with van der Waals surface area (Å²) in [5.74, 6) is 0.563. The van der Waals surface area contributed by atoms with Crippen molar-refractivity contribution in [2.24, 2.45) is 5.92 Å². The number of pyridine rings is 1. The fraction of sp³-hybridized carbons (Fsp3) is 0.400. The zero-order chi connectivity index (χ0) is 10.6. The third-order valence-corrected chi connectivity index (χ3v) is 1.74. The van der Waals surface area contributed by atoms with Gasteiger partial charge in [-0.1, -0.05) is 13.8 Å². The lowest BCUT2D eigenvalue weighted by Gasteiger charge is -2.07. The van der Waals surface area contributed by atoms with E-state index in [2.05, 4.69) is 10.3 Å². The lowest BCUT2D eigenvalue weighted by molar-refractivity contribution is -0.118. The fourth-order valence-corrected chi connectivity index (χ4v) is 0.885. The molecule has 0 bridgehead atoms. The first-order chi connectivity index (χ1) is 6.63. The first-order valence-electron chi connectivity index (χ1n) is 4.43. The highest BCUT2D eigenvalue weighted by molar-refractivity contribution is 5.92. The Hall–Kier alpha value is -1.58. The number of rotatable bonds is 3. The molecular formula is C10H14N2O2. The first-order valence-corrected chi connectivity index (χ1v) is 4.43. The van der Waals surface area contributed by atoms with Crippen molar-refractivity contribution < 1.29 is 9.53 Å². The summed E-state index contributed by atoms with van der Waals surface area (Å²) in [5.41, 5.74) is 0.656. The Morgan fingerprint density at radius 1 is 1.50 bits per heavy atom. The van der Waals surface area contributed by atoms with E-state index in [0.717, 1.165) is 0 Å². The van der Waals surface area contributed by atoms with Crippen LogP contribution in [0, 0.1) is 5.92 Å². The van der Waals surface area contributed by atoms with Crippen molar-refractivity contribution in [2.45, 2.75) is 13.8 Å². The summed E-state index contributed by atoms with van der Waals surface area (Å²) >= 11 is 0. The number of carbonyl (C=O) groups is 1. The van der Waals surface area contributed by atoms with Gasteiger partial charge in [-0.25, -0.2) is 0 Å². The third-order valence-electron chi connectivity index (χ3n) is 1.74. The molecule has 0 aliphatic carbocycles. The smallest absolute Gasteiger partial charge is 0.226 e. The quantitative estimate of drug-likeness (QED) is 0.796. The van der Waals surface area contributed by atoms with Crippen LogP contribution in [0.1, 0.15) is 13.8 Å². The van der Waals surface area contributed by atoms with E-state index in [4.69, 9.17) is 4.74 Å². The molecule has 14 heavy (non-hydrogen) atoms. The van der Waals surface area contributed by atoms with E-state index < -0.39 is 0 Å². The SMILES string of the molecule is COc1cncc(NC(=O)C(C)C)c1. The van der Waals surface area contributed by atoms with Crippen LogP contribution in [0.25, 0.3) is 0 Å². The number of ether oxygens (including phenoxy) is 1. The van der Waals surface area contributed by atoms with Crippen LogP contribution in [0.4, 0.5) is 5.69 Å². The number of hydrogen-bond donors (Lipinski definition) is 1. The average Bonchev–Trinajstić information content (AvgIpc) is 2.18. The van der Waals surface area contributed by atoms with E-state index >= 15 is 0 Å². The van der Waals surface area contributed by atoms with E-state index in [-0.39, 0.29) is 11.8 Å². The van der Waals surface area contributed by atoms with Gasteiger partial charge in [-0.3, -0.25) is 9.78 Å². The predicted molar refractivity (Wildman–Crippen MR) is 54.3 cm³/mol. The molecule has 1 aromatic heterocycles. The standard InChI is InChI=1S/C10H14N2O2/c1-7(2)10(13)12-8-4-9(14-3)6-11-5-8/h4-7H,1-3H3,(H,12,13). The van der Waals surface area contributed by atoms with Crippen molar-refractivity contribution in [3.05, 3.63) is 18.5 Å². The molecule has 1 N–H and O–H groups in total. The summed E-state index contributed by atoms with van der Waals surface area (Å²) in [6, 6.07) is 1.73. The van der Waals surface area contributed by atoms with Crippen LogP contribution in [0.5, 0.6) is 5.75 Å². The summed E-state index contributed by atoms with van der Waals surface area (Å²) in [7, 11) is 1.56.